The molecular weight excluding hydrogens is 444 g/mol. The van der Waals surface area contributed by atoms with Gasteiger partial charge in [0.05, 0.1) is 29.7 Å². The van der Waals surface area contributed by atoms with Gasteiger partial charge in [-0.1, -0.05) is 0 Å². The maximum atomic E-state index is 13.4. The van der Waals surface area contributed by atoms with Crippen LogP contribution < -0.4 is 0 Å². The Bertz CT molecular complexity index is 819. The Morgan fingerprint density at radius 1 is 1.00 bits per heavy atom. The molecule has 2 aliphatic heterocycles. The highest BCUT2D eigenvalue weighted by Gasteiger charge is 2.49. The number of aliphatic hydroxyl groups excluding tert-OH is 1. The van der Waals surface area contributed by atoms with E-state index in [4.69, 9.17) is 9.84 Å². The lowest BCUT2D eigenvalue weighted by Crippen LogP contribution is -2.68. The highest BCUT2D eigenvalue weighted by Crippen LogP contribution is 2.44. The Kier molecular flexibility index (Phi) is 7.70. The minimum atomic E-state index is -3.22. The lowest BCUT2D eigenvalue weighted by Gasteiger charge is -2.55. The van der Waals surface area contributed by atoms with Crippen LogP contribution in [0.1, 0.15) is 71.6 Å². The summed E-state index contributed by atoms with van der Waals surface area (Å²) in [5.74, 6) is 0.910. The number of nitrogens with zero attached hydrogens (tertiary/aromatic N) is 2. The second-order valence-electron chi connectivity index (χ2n) is 10.6. The topological polar surface area (TPSA) is 104 Å². The average molecular weight is 485 g/mol. The zero-order chi connectivity index (χ0) is 23.8. The first-order valence-electron chi connectivity index (χ1n) is 12.8. The molecule has 2 saturated carbocycles. The Hall–Kier alpha value is -1.19. The predicted molar refractivity (Wildman–Crippen MR) is 124 cm³/mol. The Morgan fingerprint density at radius 3 is 2.30 bits per heavy atom. The first-order valence-corrected chi connectivity index (χ1v) is 14.5. The molecule has 0 aromatic heterocycles. The molecule has 4 rings (SSSR count). The molecule has 2 amide bonds. The largest absolute Gasteiger partial charge is 0.395 e. The quantitative estimate of drug-likeness (QED) is 0.638. The van der Waals surface area contributed by atoms with Crippen LogP contribution in [0.2, 0.25) is 0 Å². The predicted octanol–water partition coefficient (Wildman–Crippen LogP) is 1.75. The monoisotopic (exact) mass is 484 g/mol. The molecule has 4 unspecified atom stereocenters. The van der Waals surface area contributed by atoms with E-state index in [0.29, 0.717) is 37.8 Å². The summed E-state index contributed by atoms with van der Waals surface area (Å²) in [7, 11) is -3.22. The van der Waals surface area contributed by atoms with E-state index in [-0.39, 0.29) is 53.7 Å². The second-order valence-corrected chi connectivity index (χ2v) is 13.0. The molecule has 2 saturated heterocycles. The third-order valence-electron chi connectivity index (χ3n) is 8.64. The van der Waals surface area contributed by atoms with Crippen LogP contribution in [0, 0.1) is 11.8 Å². The number of sulfone groups is 1. The first kappa shape index (κ1) is 24.9. The van der Waals surface area contributed by atoms with Crippen molar-refractivity contribution in [2.45, 2.75) is 101 Å². The van der Waals surface area contributed by atoms with Crippen molar-refractivity contribution in [1.29, 1.82) is 0 Å². The first-order chi connectivity index (χ1) is 15.7. The van der Waals surface area contributed by atoms with E-state index in [2.05, 4.69) is 0 Å². The third kappa shape index (κ3) is 5.10. The van der Waals surface area contributed by atoms with Gasteiger partial charge in [-0.2, -0.15) is 0 Å². The molecule has 33 heavy (non-hydrogen) atoms. The summed E-state index contributed by atoms with van der Waals surface area (Å²) >= 11 is 0. The maximum Gasteiger partial charge on any atom is 0.252 e. The molecule has 4 fully saturated rings. The van der Waals surface area contributed by atoms with Gasteiger partial charge in [0.15, 0.2) is 9.84 Å². The second kappa shape index (κ2) is 10.2. The fourth-order valence-corrected chi connectivity index (χ4v) is 8.63. The van der Waals surface area contributed by atoms with Crippen molar-refractivity contribution >= 4 is 21.7 Å². The van der Waals surface area contributed by atoms with Crippen molar-refractivity contribution in [3.8, 4) is 0 Å². The number of aliphatic hydroxyl groups is 1. The summed E-state index contributed by atoms with van der Waals surface area (Å²) < 4.78 is 30.5. The summed E-state index contributed by atoms with van der Waals surface area (Å²) in [6.07, 6.45) is 7.18. The van der Waals surface area contributed by atoms with Gasteiger partial charge in [0.25, 0.3) is 5.91 Å². The van der Waals surface area contributed by atoms with Crippen molar-refractivity contribution in [1.82, 2.24) is 9.80 Å². The molecule has 0 aromatic rings. The SMILES string of the molecule is CC(=O)N1C2CCC(C3CCC(S(=O)(=O)CCO)CC3)CC2N(C(=O)C2CCCO2)C[C@@H]1C. The van der Waals surface area contributed by atoms with Crippen molar-refractivity contribution in [2.75, 3.05) is 25.5 Å². The van der Waals surface area contributed by atoms with Crippen molar-refractivity contribution in [3.05, 3.63) is 0 Å². The van der Waals surface area contributed by atoms with Crippen LogP contribution in [0.15, 0.2) is 0 Å². The van der Waals surface area contributed by atoms with Gasteiger partial charge >= 0.3 is 0 Å². The molecule has 188 valence electrons. The number of carbonyl (C=O) groups is 2. The van der Waals surface area contributed by atoms with Gasteiger partial charge in [-0.3, -0.25) is 9.59 Å². The molecule has 0 radical (unpaired) electrons. The van der Waals surface area contributed by atoms with Crippen LogP contribution in [0.5, 0.6) is 0 Å². The molecule has 0 aromatic carbocycles. The van der Waals surface area contributed by atoms with Gasteiger partial charge in [0.2, 0.25) is 5.91 Å². The number of ether oxygens (including phenoxy) is 1. The Balaban J connectivity index is 1.46. The van der Waals surface area contributed by atoms with Gasteiger partial charge in [0.1, 0.15) is 6.10 Å². The Labute approximate surface area is 197 Å². The lowest BCUT2D eigenvalue weighted by molar-refractivity contribution is -0.160. The van der Waals surface area contributed by atoms with Gasteiger partial charge in [0, 0.05) is 26.1 Å². The van der Waals surface area contributed by atoms with Gasteiger partial charge in [-0.25, -0.2) is 8.42 Å². The summed E-state index contributed by atoms with van der Waals surface area (Å²) in [6, 6.07) is 0.0587. The van der Waals surface area contributed by atoms with Crippen LogP contribution in [-0.2, 0) is 24.2 Å². The van der Waals surface area contributed by atoms with Gasteiger partial charge in [-0.05, 0) is 76.5 Å². The third-order valence-corrected chi connectivity index (χ3v) is 10.9. The highest BCUT2D eigenvalue weighted by atomic mass is 32.2. The zero-order valence-corrected chi connectivity index (χ0v) is 20.8. The number of hydrogen-bond donors (Lipinski definition) is 1. The Morgan fingerprint density at radius 2 is 1.70 bits per heavy atom. The van der Waals surface area contributed by atoms with E-state index in [1.54, 1.807) is 6.92 Å². The van der Waals surface area contributed by atoms with Crippen LogP contribution >= 0.6 is 0 Å². The summed E-state index contributed by atoms with van der Waals surface area (Å²) in [5, 5.41) is 8.74. The molecule has 5 atom stereocenters. The van der Waals surface area contributed by atoms with E-state index in [0.717, 1.165) is 44.9 Å². The minimum absolute atomic E-state index is 0.00202. The maximum absolute atomic E-state index is 13.4. The van der Waals surface area contributed by atoms with E-state index < -0.39 is 9.84 Å². The zero-order valence-electron chi connectivity index (χ0n) is 20.0. The van der Waals surface area contributed by atoms with Gasteiger partial charge < -0.3 is 19.6 Å². The molecule has 8 nitrogen and oxygen atoms in total. The summed E-state index contributed by atoms with van der Waals surface area (Å²) in [5.41, 5.74) is 0. The molecule has 2 aliphatic carbocycles. The molecule has 0 bridgehead atoms. The molecule has 1 N–H and O–H groups in total. The van der Waals surface area contributed by atoms with Crippen LogP contribution in [0.3, 0.4) is 0 Å². The average Bonchev–Trinajstić information content (AvgIpc) is 3.32. The number of fused-ring (bicyclic) bond motifs is 1. The number of hydrogen-bond acceptors (Lipinski definition) is 6. The van der Waals surface area contributed by atoms with Crippen molar-refractivity contribution in [3.63, 3.8) is 0 Å². The number of carbonyl (C=O) groups excluding carboxylic acids is 2. The molecule has 2 heterocycles. The lowest BCUT2D eigenvalue weighted by atomic mass is 9.69. The smallest absolute Gasteiger partial charge is 0.252 e. The minimum Gasteiger partial charge on any atom is -0.395 e. The number of rotatable bonds is 5. The number of amides is 2. The normalized spacial score (nSPS) is 37.6. The molecular formula is C24H40N2O6S. The molecule has 9 heteroatoms. The van der Waals surface area contributed by atoms with Crippen molar-refractivity contribution < 1.29 is 27.9 Å². The van der Waals surface area contributed by atoms with Gasteiger partial charge in [-0.15, -0.1) is 0 Å². The molecule has 4 aliphatic rings. The summed E-state index contributed by atoms with van der Waals surface area (Å²) in [4.78, 5) is 29.9. The molecule has 0 spiro atoms. The van der Waals surface area contributed by atoms with Crippen LogP contribution in [0.4, 0.5) is 0 Å². The van der Waals surface area contributed by atoms with E-state index in [1.807, 2.05) is 16.7 Å². The van der Waals surface area contributed by atoms with Crippen LogP contribution in [0.25, 0.3) is 0 Å². The highest BCUT2D eigenvalue weighted by molar-refractivity contribution is 7.92. The standard InChI is InChI=1S/C24H40N2O6S/c1-16-15-25(24(29)23-4-3-12-32-23)22-14-19(7-10-21(22)26(16)17(2)28)18-5-8-20(9-6-18)33(30,31)13-11-27/h16,18-23,27H,3-15H2,1-2H3/t16-,18?,19?,20?,21?,22?,23?/m0/s1. The van der Waals surface area contributed by atoms with Crippen LogP contribution in [-0.4, -0.2) is 90.1 Å². The fourth-order valence-electron chi connectivity index (χ4n) is 7.05. The summed E-state index contributed by atoms with van der Waals surface area (Å²) in [6.45, 7) is 4.54. The fraction of sp³-hybridized carbons (Fsp3) is 0.917. The van der Waals surface area contributed by atoms with E-state index in [9.17, 15) is 18.0 Å². The van der Waals surface area contributed by atoms with E-state index >= 15 is 0 Å². The van der Waals surface area contributed by atoms with Crippen molar-refractivity contribution in [2.24, 2.45) is 11.8 Å². The number of piperazine rings is 1. The van der Waals surface area contributed by atoms with E-state index in [1.165, 1.54) is 0 Å².